The number of thioether (sulfide) groups is 1. The molecule has 7 nitrogen and oxygen atoms in total. The van der Waals surface area contributed by atoms with E-state index in [0.717, 1.165) is 36.8 Å². The number of benzene rings is 1. The van der Waals surface area contributed by atoms with E-state index in [0.29, 0.717) is 44.8 Å². The molecular weight excluding hydrogens is 514 g/mol. The van der Waals surface area contributed by atoms with Crippen molar-refractivity contribution in [2.75, 3.05) is 11.1 Å². The van der Waals surface area contributed by atoms with Crippen LogP contribution in [0.3, 0.4) is 0 Å². The lowest BCUT2D eigenvalue weighted by Crippen LogP contribution is -2.15. The molecule has 1 aromatic carbocycles. The molecule has 0 fully saturated rings. The monoisotopic (exact) mass is 543 g/mol. The summed E-state index contributed by atoms with van der Waals surface area (Å²) in [5, 5.41) is 23.4. The lowest BCUT2D eigenvalue weighted by molar-refractivity contribution is -0.113. The molecule has 3 aromatic rings. The Labute approximate surface area is 225 Å². The molecule has 2 heterocycles. The fourth-order valence-electron chi connectivity index (χ4n) is 4.45. The minimum atomic E-state index is -0.330. The van der Waals surface area contributed by atoms with Crippen LogP contribution in [0.25, 0.3) is 0 Å². The number of carbonyl (C=O) groups is 1. The summed E-state index contributed by atoms with van der Waals surface area (Å²) < 4.78 is 8.04. The van der Waals surface area contributed by atoms with Gasteiger partial charge in [-0.15, -0.1) is 21.5 Å². The maximum Gasteiger partial charge on any atom is 0.235 e. The van der Waals surface area contributed by atoms with Gasteiger partial charge in [0.25, 0.3) is 0 Å². The zero-order chi connectivity index (χ0) is 25.8. The van der Waals surface area contributed by atoms with Gasteiger partial charge >= 0.3 is 0 Å². The van der Waals surface area contributed by atoms with E-state index in [1.807, 2.05) is 43.5 Å². The number of carbonyl (C=O) groups excluding carboxylic acids is 1. The van der Waals surface area contributed by atoms with Crippen LogP contribution in [0.4, 0.5) is 5.00 Å². The average Bonchev–Trinajstić information content (AvgIpc) is 3.44. The highest BCUT2D eigenvalue weighted by molar-refractivity contribution is 7.99. The average molecular weight is 544 g/mol. The minimum Gasteiger partial charge on any atom is -0.483 e. The van der Waals surface area contributed by atoms with Gasteiger partial charge in [-0.05, 0) is 75.3 Å². The number of aromatic nitrogens is 3. The van der Waals surface area contributed by atoms with E-state index < -0.39 is 0 Å². The number of aryl methyl sites for hydroxylation is 1. The van der Waals surface area contributed by atoms with E-state index in [-0.39, 0.29) is 17.8 Å². The van der Waals surface area contributed by atoms with Crippen LogP contribution in [-0.4, -0.2) is 26.4 Å². The molecule has 0 saturated carbocycles. The molecule has 0 radical (unpaired) electrons. The third-order valence-corrected chi connectivity index (χ3v) is 9.07. The molecule has 190 valence electrons. The number of nitriles is 1. The first kappa shape index (κ1) is 26.5. The van der Waals surface area contributed by atoms with Crippen molar-refractivity contribution in [2.45, 2.75) is 71.2 Å². The van der Waals surface area contributed by atoms with Gasteiger partial charge in [0.15, 0.2) is 17.1 Å². The SMILES string of the molecule is CCC1CCc2c(sc(NC(=O)CSc3nnc(C(C)Oc4ccc(Cl)c(C)c4)n3CC)c2C#N)C1. The van der Waals surface area contributed by atoms with E-state index in [4.69, 9.17) is 16.3 Å². The van der Waals surface area contributed by atoms with E-state index in [1.165, 1.54) is 16.6 Å². The van der Waals surface area contributed by atoms with Crippen molar-refractivity contribution in [1.29, 1.82) is 5.26 Å². The fraction of sp³-hybridized carbons (Fsp3) is 0.462. The lowest BCUT2D eigenvalue weighted by Gasteiger charge is -2.20. The van der Waals surface area contributed by atoms with Crippen molar-refractivity contribution < 1.29 is 9.53 Å². The van der Waals surface area contributed by atoms with Crippen molar-refractivity contribution >= 4 is 45.6 Å². The van der Waals surface area contributed by atoms with Crippen LogP contribution in [0.15, 0.2) is 23.4 Å². The van der Waals surface area contributed by atoms with Gasteiger partial charge < -0.3 is 14.6 Å². The predicted molar refractivity (Wildman–Crippen MR) is 145 cm³/mol. The summed E-state index contributed by atoms with van der Waals surface area (Å²) >= 11 is 9.00. The number of fused-ring (bicyclic) bond motifs is 1. The Balaban J connectivity index is 1.40. The minimum absolute atomic E-state index is 0.157. The summed E-state index contributed by atoms with van der Waals surface area (Å²) in [4.78, 5) is 14.0. The Kier molecular flexibility index (Phi) is 8.60. The number of thiophene rings is 1. The van der Waals surface area contributed by atoms with Crippen LogP contribution in [0.1, 0.15) is 67.1 Å². The second kappa shape index (κ2) is 11.7. The molecule has 2 atom stereocenters. The van der Waals surface area contributed by atoms with Crippen molar-refractivity contribution in [2.24, 2.45) is 5.92 Å². The van der Waals surface area contributed by atoms with Crippen LogP contribution in [0, 0.1) is 24.2 Å². The highest BCUT2D eigenvalue weighted by Crippen LogP contribution is 2.40. The molecule has 1 N–H and O–H groups in total. The quantitative estimate of drug-likeness (QED) is 0.306. The highest BCUT2D eigenvalue weighted by atomic mass is 35.5. The van der Waals surface area contributed by atoms with Gasteiger partial charge in [-0.25, -0.2) is 0 Å². The molecule has 0 bridgehead atoms. The van der Waals surface area contributed by atoms with Crippen molar-refractivity contribution in [1.82, 2.24) is 14.8 Å². The molecule has 0 aliphatic heterocycles. The molecule has 1 aliphatic carbocycles. The normalized spacial score (nSPS) is 15.7. The molecule has 0 saturated heterocycles. The molecule has 2 aromatic heterocycles. The second-order valence-corrected chi connectivity index (χ2v) is 11.4. The molecule has 2 unspecified atom stereocenters. The highest BCUT2D eigenvalue weighted by Gasteiger charge is 2.26. The van der Waals surface area contributed by atoms with E-state index in [1.54, 1.807) is 11.3 Å². The Morgan fingerprint density at radius 2 is 2.22 bits per heavy atom. The standard InChI is InChI=1S/C26H30ClN5O2S2/c1-5-17-7-9-19-20(13-28)25(36-22(19)12-17)29-23(33)14-35-26-31-30-24(32(26)6-2)16(4)34-18-8-10-21(27)15(3)11-18/h8,10-11,16-17H,5-7,9,12,14H2,1-4H3,(H,29,33). The summed E-state index contributed by atoms with van der Waals surface area (Å²) in [5.74, 6) is 2.08. The first-order valence-electron chi connectivity index (χ1n) is 12.2. The zero-order valence-corrected chi connectivity index (χ0v) is 23.3. The summed E-state index contributed by atoms with van der Waals surface area (Å²) in [5.41, 5.74) is 2.69. The number of hydrogen-bond donors (Lipinski definition) is 1. The summed E-state index contributed by atoms with van der Waals surface area (Å²) in [7, 11) is 0. The Hall–Kier alpha value is -2.54. The number of ether oxygens (including phenoxy) is 1. The number of nitrogens with one attached hydrogen (secondary N) is 1. The third kappa shape index (κ3) is 5.72. The molecule has 0 spiro atoms. The van der Waals surface area contributed by atoms with Crippen LogP contribution in [0.5, 0.6) is 5.75 Å². The first-order valence-corrected chi connectivity index (χ1v) is 14.4. The maximum atomic E-state index is 12.8. The topological polar surface area (TPSA) is 92.8 Å². The number of anilines is 1. The van der Waals surface area contributed by atoms with Crippen LogP contribution < -0.4 is 10.1 Å². The van der Waals surface area contributed by atoms with E-state index in [2.05, 4.69) is 28.5 Å². The summed E-state index contributed by atoms with van der Waals surface area (Å²) in [6.45, 7) is 8.72. The van der Waals surface area contributed by atoms with Gasteiger partial charge in [-0.3, -0.25) is 4.79 Å². The third-order valence-electron chi connectivity index (χ3n) is 6.51. The molecule has 1 amide bonds. The van der Waals surface area contributed by atoms with Crippen LogP contribution in [0.2, 0.25) is 5.02 Å². The largest absolute Gasteiger partial charge is 0.483 e. The van der Waals surface area contributed by atoms with Gasteiger partial charge in [0, 0.05) is 16.4 Å². The van der Waals surface area contributed by atoms with Gasteiger partial charge in [-0.2, -0.15) is 5.26 Å². The van der Waals surface area contributed by atoms with Crippen LogP contribution >= 0.6 is 34.7 Å². The first-order chi connectivity index (χ1) is 17.3. The molecule has 4 rings (SSSR count). The van der Waals surface area contributed by atoms with Crippen LogP contribution in [-0.2, 0) is 24.2 Å². The molecule has 1 aliphatic rings. The number of nitrogens with zero attached hydrogens (tertiary/aromatic N) is 4. The van der Waals surface area contributed by atoms with Crippen molar-refractivity contribution in [3.05, 3.63) is 50.6 Å². The summed E-state index contributed by atoms with van der Waals surface area (Å²) in [6, 6.07) is 7.86. The van der Waals surface area contributed by atoms with Gasteiger partial charge in [0.1, 0.15) is 16.8 Å². The molecular formula is C26H30ClN5O2S2. The number of halogens is 1. The molecule has 10 heteroatoms. The maximum absolute atomic E-state index is 12.8. The Bertz CT molecular complexity index is 1300. The summed E-state index contributed by atoms with van der Waals surface area (Å²) in [6.07, 6.45) is 3.82. The number of amides is 1. The van der Waals surface area contributed by atoms with Gasteiger partial charge in [0.2, 0.25) is 5.91 Å². The van der Waals surface area contributed by atoms with Gasteiger partial charge in [0.05, 0.1) is 11.3 Å². The van der Waals surface area contributed by atoms with Crippen molar-refractivity contribution in [3.63, 3.8) is 0 Å². The Morgan fingerprint density at radius 3 is 2.92 bits per heavy atom. The predicted octanol–water partition coefficient (Wildman–Crippen LogP) is 6.58. The number of rotatable bonds is 9. The zero-order valence-electron chi connectivity index (χ0n) is 20.9. The molecule has 36 heavy (non-hydrogen) atoms. The Morgan fingerprint density at radius 1 is 1.42 bits per heavy atom. The van der Waals surface area contributed by atoms with Gasteiger partial charge in [-0.1, -0.05) is 36.7 Å². The van der Waals surface area contributed by atoms with E-state index >= 15 is 0 Å². The lowest BCUT2D eigenvalue weighted by atomic mass is 9.86. The fourth-order valence-corrected chi connectivity index (χ4v) is 6.71. The number of hydrogen-bond acceptors (Lipinski definition) is 7. The van der Waals surface area contributed by atoms with E-state index in [9.17, 15) is 10.1 Å². The smallest absolute Gasteiger partial charge is 0.235 e. The second-order valence-electron chi connectivity index (χ2n) is 8.93. The van der Waals surface area contributed by atoms with Crippen molar-refractivity contribution in [3.8, 4) is 11.8 Å².